The lowest BCUT2D eigenvalue weighted by Crippen LogP contribution is -2.36. The largest absolute Gasteiger partial charge is 0.308 e. The maximum Gasteiger partial charge on any atom is 0.260 e. The van der Waals surface area contributed by atoms with Gasteiger partial charge < -0.3 is 4.90 Å². The zero-order chi connectivity index (χ0) is 23.9. The molecule has 1 fully saturated rings. The molecule has 4 rings (SSSR count). The summed E-state index contributed by atoms with van der Waals surface area (Å²) in [6.07, 6.45) is 1.79. The summed E-state index contributed by atoms with van der Waals surface area (Å²) in [6, 6.07) is 10.5. The highest BCUT2D eigenvalue weighted by molar-refractivity contribution is 7.89. The minimum atomic E-state index is -3.55. The monoisotopic (exact) mass is 486 g/mol. The van der Waals surface area contributed by atoms with Crippen LogP contribution in [0, 0.1) is 13.8 Å². The van der Waals surface area contributed by atoms with Gasteiger partial charge in [-0.25, -0.2) is 13.4 Å². The Labute approximate surface area is 199 Å². The van der Waals surface area contributed by atoms with Gasteiger partial charge in [0.1, 0.15) is 0 Å². The van der Waals surface area contributed by atoms with E-state index in [0.717, 1.165) is 28.6 Å². The van der Waals surface area contributed by atoms with E-state index >= 15 is 0 Å². The maximum atomic E-state index is 13.5. The number of fused-ring (bicyclic) bond motifs is 1. The van der Waals surface area contributed by atoms with Crippen LogP contribution in [-0.4, -0.2) is 68.8 Å². The molecular formula is C24H30N4O3S2. The lowest BCUT2D eigenvalue weighted by Gasteiger charge is -2.22. The Morgan fingerprint density at radius 2 is 1.70 bits per heavy atom. The predicted molar refractivity (Wildman–Crippen MR) is 134 cm³/mol. The molecule has 1 heterocycles. The standard InChI is InChI=1S/C24H30N4O3S2/c1-16-6-13-21-22(17(16)2)25-24(32-21)28(15-14-26(3)4)23(29)18-7-11-20(12-8-18)33(30,31)27(5)19-9-10-19/h6-8,11-13,19H,9-10,14-15H2,1-5H3. The van der Waals surface area contributed by atoms with Crippen LogP contribution in [0.5, 0.6) is 0 Å². The van der Waals surface area contributed by atoms with Crippen molar-refractivity contribution >= 4 is 42.6 Å². The van der Waals surface area contributed by atoms with Gasteiger partial charge in [0.05, 0.1) is 15.1 Å². The second-order valence-electron chi connectivity index (χ2n) is 8.89. The van der Waals surface area contributed by atoms with Crippen LogP contribution >= 0.6 is 11.3 Å². The zero-order valence-electron chi connectivity index (χ0n) is 19.7. The highest BCUT2D eigenvalue weighted by atomic mass is 32.2. The van der Waals surface area contributed by atoms with E-state index in [1.807, 2.05) is 32.0 Å². The topological polar surface area (TPSA) is 73.8 Å². The zero-order valence-corrected chi connectivity index (χ0v) is 21.3. The van der Waals surface area contributed by atoms with Gasteiger partial charge in [0.25, 0.3) is 5.91 Å². The second kappa shape index (κ2) is 9.13. The van der Waals surface area contributed by atoms with Crippen LogP contribution in [0.1, 0.15) is 34.3 Å². The molecule has 0 N–H and O–H groups in total. The normalized spacial score (nSPS) is 14.4. The van der Waals surface area contributed by atoms with Crippen molar-refractivity contribution in [2.75, 3.05) is 39.1 Å². The number of carbonyl (C=O) groups excluding carboxylic acids is 1. The van der Waals surface area contributed by atoms with E-state index in [9.17, 15) is 13.2 Å². The number of amides is 1. The molecule has 3 aromatic rings. The van der Waals surface area contributed by atoms with Gasteiger partial charge in [0, 0.05) is 31.7 Å². The summed E-state index contributed by atoms with van der Waals surface area (Å²) in [6.45, 7) is 5.26. The minimum Gasteiger partial charge on any atom is -0.308 e. The summed E-state index contributed by atoms with van der Waals surface area (Å²) < 4.78 is 28.1. The Morgan fingerprint density at radius 3 is 2.30 bits per heavy atom. The van der Waals surface area contributed by atoms with Crippen LogP contribution in [0.25, 0.3) is 10.2 Å². The average molecular weight is 487 g/mol. The van der Waals surface area contributed by atoms with Gasteiger partial charge in [-0.1, -0.05) is 17.4 Å². The van der Waals surface area contributed by atoms with Crippen molar-refractivity contribution in [1.29, 1.82) is 0 Å². The van der Waals surface area contributed by atoms with E-state index in [1.54, 1.807) is 24.1 Å². The van der Waals surface area contributed by atoms with Crippen molar-refractivity contribution in [2.45, 2.75) is 37.6 Å². The number of benzene rings is 2. The van der Waals surface area contributed by atoms with E-state index in [2.05, 4.69) is 13.0 Å². The van der Waals surface area contributed by atoms with Gasteiger partial charge >= 0.3 is 0 Å². The summed E-state index contributed by atoms with van der Waals surface area (Å²) in [5, 5.41) is 0.649. The van der Waals surface area contributed by atoms with Crippen LogP contribution in [0.15, 0.2) is 41.3 Å². The molecule has 0 unspecified atom stereocenters. The molecule has 1 aliphatic carbocycles. The SMILES string of the molecule is Cc1ccc2sc(N(CCN(C)C)C(=O)c3ccc(S(=O)(=O)N(C)C4CC4)cc3)nc2c1C. The fraction of sp³-hybridized carbons (Fsp3) is 0.417. The van der Waals surface area contributed by atoms with Gasteiger partial charge in [-0.15, -0.1) is 0 Å². The summed E-state index contributed by atoms with van der Waals surface area (Å²) in [5.74, 6) is -0.190. The molecule has 9 heteroatoms. The Hall–Kier alpha value is -2.33. The third-order valence-electron chi connectivity index (χ3n) is 6.16. The van der Waals surface area contributed by atoms with Crippen molar-refractivity contribution in [3.05, 3.63) is 53.1 Å². The number of rotatable bonds is 8. The molecular weight excluding hydrogens is 456 g/mol. The van der Waals surface area contributed by atoms with Crippen LogP contribution < -0.4 is 4.90 Å². The molecule has 0 aliphatic heterocycles. The van der Waals surface area contributed by atoms with Crippen molar-refractivity contribution in [3.63, 3.8) is 0 Å². The van der Waals surface area contributed by atoms with Crippen molar-refractivity contribution < 1.29 is 13.2 Å². The molecule has 1 saturated carbocycles. The Morgan fingerprint density at radius 1 is 1.03 bits per heavy atom. The number of thiazole rings is 1. The number of sulfonamides is 1. The maximum absolute atomic E-state index is 13.5. The summed E-state index contributed by atoms with van der Waals surface area (Å²) in [5.41, 5.74) is 3.64. The molecule has 1 amide bonds. The summed E-state index contributed by atoms with van der Waals surface area (Å²) in [4.78, 5) is 22.2. The predicted octanol–water partition coefficient (Wildman–Crippen LogP) is 3.90. The van der Waals surface area contributed by atoms with E-state index < -0.39 is 10.0 Å². The quantitative estimate of drug-likeness (QED) is 0.483. The lowest BCUT2D eigenvalue weighted by atomic mass is 10.1. The Balaban J connectivity index is 1.65. The smallest absolute Gasteiger partial charge is 0.260 e. The Bertz CT molecular complexity index is 1280. The van der Waals surface area contributed by atoms with Crippen molar-refractivity contribution in [1.82, 2.24) is 14.2 Å². The van der Waals surface area contributed by atoms with Crippen molar-refractivity contribution in [2.24, 2.45) is 0 Å². The van der Waals surface area contributed by atoms with Crippen LogP contribution in [0.4, 0.5) is 5.13 Å². The molecule has 176 valence electrons. The van der Waals surface area contributed by atoms with Gasteiger partial charge in [-0.05, 0) is 82.2 Å². The first-order valence-electron chi connectivity index (χ1n) is 11.0. The second-order valence-corrected chi connectivity index (χ2v) is 11.9. The van der Waals surface area contributed by atoms with Gasteiger partial charge in [-0.2, -0.15) is 4.31 Å². The number of hydrogen-bond donors (Lipinski definition) is 0. The number of likely N-dealkylation sites (N-methyl/N-ethyl adjacent to an activating group) is 1. The molecule has 0 radical (unpaired) electrons. The van der Waals surface area contributed by atoms with Crippen LogP contribution in [0.3, 0.4) is 0 Å². The van der Waals surface area contributed by atoms with E-state index in [0.29, 0.717) is 23.8 Å². The lowest BCUT2D eigenvalue weighted by molar-refractivity contribution is 0.0985. The van der Waals surface area contributed by atoms with Crippen LogP contribution in [0.2, 0.25) is 0 Å². The molecule has 33 heavy (non-hydrogen) atoms. The number of hydrogen-bond acceptors (Lipinski definition) is 6. The summed E-state index contributed by atoms with van der Waals surface area (Å²) in [7, 11) is 2.00. The molecule has 1 aromatic heterocycles. The third kappa shape index (κ3) is 4.82. The number of aryl methyl sites for hydroxylation is 2. The first-order valence-corrected chi connectivity index (χ1v) is 13.3. The number of aromatic nitrogens is 1. The first-order chi connectivity index (χ1) is 15.6. The fourth-order valence-electron chi connectivity index (χ4n) is 3.64. The fourth-order valence-corrected chi connectivity index (χ4v) is 6.11. The molecule has 7 nitrogen and oxygen atoms in total. The summed E-state index contributed by atoms with van der Waals surface area (Å²) >= 11 is 1.50. The molecule has 0 spiro atoms. The molecule has 2 aromatic carbocycles. The highest BCUT2D eigenvalue weighted by Gasteiger charge is 2.35. The van der Waals surface area contributed by atoms with Gasteiger partial charge in [0.2, 0.25) is 10.0 Å². The van der Waals surface area contributed by atoms with E-state index in [-0.39, 0.29) is 16.8 Å². The molecule has 0 saturated heterocycles. The van der Waals surface area contributed by atoms with Crippen LogP contribution in [-0.2, 0) is 10.0 Å². The molecule has 0 atom stereocenters. The van der Waals surface area contributed by atoms with E-state index in [4.69, 9.17) is 4.98 Å². The third-order valence-corrected chi connectivity index (χ3v) is 9.13. The molecule has 1 aliphatic rings. The Kier molecular flexibility index (Phi) is 6.59. The minimum absolute atomic E-state index is 0.0870. The van der Waals surface area contributed by atoms with Gasteiger partial charge in [0.15, 0.2) is 5.13 Å². The first kappa shape index (κ1) is 23.8. The number of anilines is 1. The molecule has 0 bridgehead atoms. The van der Waals surface area contributed by atoms with E-state index in [1.165, 1.54) is 33.3 Å². The average Bonchev–Trinajstić information content (AvgIpc) is 3.55. The highest BCUT2D eigenvalue weighted by Crippen LogP contribution is 2.33. The number of carbonyl (C=O) groups is 1. The van der Waals surface area contributed by atoms with Crippen molar-refractivity contribution in [3.8, 4) is 0 Å². The van der Waals surface area contributed by atoms with Gasteiger partial charge in [-0.3, -0.25) is 9.69 Å². The number of nitrogens with zero attached hydrogens (tertiary/aromatic N) is 4.